The molecule has 18 heavy (non-hydrogen) atoms. The molecule has 0 rings (SSSR count). The highest BCUT2D eigenvalue weighted by atomic mass is 16.6. The number of hydrogen-bond acceptors (Lipinski definition) is 4. The summed E-state index contributed by atoms with van der Waals surface area (Å²) >= 11 is 0. The molecule has 0 aliphatic heterocycles. The molecule has 108 valence electrons. The van der Waals surface area contributed by atoms with Crippen LogP contribution in [0.4, 0.5) is 0 Å². The van der Waals surface area contributed by atoms with Gasteiger partial charge in [0.25, 0.3) is 0 Å². The predicted molar refractivity (Wildman–Crippen MR) is 71.3 cm³/mol. The number of esters is 1. The van der Waals surface area contributed by atoms with E-state index in [-0.39, 0.29) is 6.61 Å². The lowest BCUT2D eigenvalue weighted by atomic mass is 10.1. The van der Waals surface area contributed by atoms with Crippen LogP contribution in [0.25, 0.3) is 0 Å². The molecule has 0 spiro atoms. The summed E-state index contributed by atoms with van der Waals surface area (Å²) in [7, 11) is 1.50. The number of nitrogens with two attached hydrogens (primary N) is 1. The van der Waals surface area contributed by atoms with E-state index >= 15 is 0 Å². The number of rotatable bonds is 9. The lowest BCUT2D eigenvalue weighted by molar-refractivity contribution is -0.163. The molecule has 0 aliphatic rings. The standard InChI is InChI=1S/C12H22O4.CH5N/c1-2-3-4-5-6-7-8-9-10-16-12(15)11(13)14;1-2/h2-10H2,1H3,(H,13,14);2H2,1H3. The first-order chi connectivity index (χ1) is 8.68. The van der Waals surface area contributed by atoms with Crippen LogP contribution >= 0.6 is 0 Å². The van der Waals surface area contributed by atoms with E-state index in [0.717, 1.165) is 19.3 Å². The Labute approximate surface area is 110 Å². The predicted octanol–water partition coefficient (Wildman–Crippen LogP) is 2.33. The fraction of sp³-hybridized carbons (Fsp3) is 0.846. The van der Waals surface area contributed by atoms with Crippen LogP contribution in [-0.2, 0) is 14.3 Å². The van der Waals surface area contributed by atoms with Gasteiger partial charge in [-0.25, -0.2) is 9.59 Å². The Hall–Kier alpha value is -1.10. The SMILES string of the molecule is CCCCCCCCCCOC(=O)C(=O)O.CN. The smallest absolute Gasteiger partial charge is 0.417 e. The monoisotopic (exact) mass is 261 g/mol. The van der Waals surface area contributed by atoms with Crippen molar-refractivity contribution in [3.63, 3.8) is 0 Å². The summed E-state index contributed by atoms with van der Waals surface area (Å²) in [5.74, 6) is -2.66. The highest BCUT2D eigenvalue weighted by Gasteiger charge is 2.11. The summed E-state index contributed by atoms with van der Waals surface area (Å²) in [6.07, 6.45) is 9.22. The number of carbonyl (C=O) groups is 2. The fourth-order valence-electron chi connectivity index (χ4n) is 1.46. The van der Waals surface area contributed by atoms with E-state index in [1.807, 2.05) is 0 Å². The molecule has 0 aliphatic carbocycles. The number of unbranched alkanes of at least 4 members (excludes halogenated alkanes) is 7. The second-order valence-corrected chi connectivity index (χ2v) is 3.92. The number of carbonyl (C=O) groups excluding carboxylic acids is 1. The normalized spacial score (nSPS) is 9.28. The van der Waals surface area contributed by atoms with Gasteiger partial charge in [-0.15, -0.1) is 0 Å². The third kappa shape index (κ3) is 14.9. The molecule has 0 saturated heterocycles. The van der Waals surface area contributed by atoms with Gasteiger partial charge in [-0.05, 0) is 13.5 Å². The Morgan fingerprint density at radius 1 is 0.944 bits per heavy atom. The second kappa shape index (κ2) is 15.9. The van der Waals surface area contributed by atoms with Crippen molar-refractivity contribution in [2.75, 3.05) is 13.7 Å². The number of ether oxygens (including phenoxy) is 1. The van der Waals surface area contributed by atoms with Crippen LogP contribution in [0.3, 0.4) is 0 Å². The lowest BCUT2D eigenvalue weighted by Crippen LogP contribution is -2.16. The minimum absolute atomic E-state index is 0.222. The number of hydrogen-bond donors (Lipinski definition) is 2. The van der Waals surface area contributed by atoms with Gasteiger partial charge < -0.3 is 15.6 Å². The molecule has 0 aromatic rings. The van der Waals surface area contributed by atoms with Crippen molar-refractivity contribution in [1.29, 1.82) is 0 Å². The molecule has 0 radical (unpaired) electrons. The van der Waals surface area contributed by atoms with Crippen molar-refractivity contribution in [1.82, 2.24) is 0 Å². The molecule has 5 nitrogen and oxygen atoms in total. The molecule has 0 amide bonds. The maximum Gasteiger partial charge on any atom is 0.417 e. The summed E-state index contributed by atoms with van der Waals surface area (Å²) < 4.78 is 4.51. The number of carboxylic acids is 1. The van der Waals surface area contributed by atoms with E-state index in [2.05, 4.69) is 17.4 Å². The van der Waals surface area contributed by atoms with E-state index < -0.39 is 11.9 Å². The van der Waals surface area contributed by atoms with Gasteiger partial charge >= 0.3 is 11.9 Å². The van der Waals surface area contributed by atoms with E-state index in [1.54, 1.807) is 0 Å². The van der Waals surface area contributed by atoms with Crippen molar-refractivity contribution in [2.45, 2.75) is 58.3 Å². The molecule has 0 atom stereocenters. The van der Waals surface area contributed by atoms with Gasteiger partial charge in [0.15, 0.2) is 0 Å². The molecule has 0 unspecified atom stereocenters. The van der Waals surface area contributed by atoms with Gasteiger partial charge in [-0.2, -0.15) is 0 Å². The van der Waals surface area contributed by atoms with E-state index in [0.29, 0.717) is 0 Å². The number of carboxylic acid groups (broad SMARTS) is 1. The maximum atomic E-state index is 10.5. The quantitative estimate of drug-likeness (QED) is 0.378. The highest BCUT2D eigenvalue weighted by Crippen LogP contribution is 2.08. The zero-order valence-electron chi connectivity index (χ0n) is 11.6. The topological polar surface area (TPSA) is 89.6 Å². The Bertz CT molecular complexity index is 207. The van der Waals surface area contributed by atoms with Gasteiger partial charge in [0.2, 0.25) is 0 Å². The Morgan fingerprint density at radius 3 is 1.83 bits per heavy atom. The number of aliphatic carboxylic acids is 1. The van der Waals surface area contributed by atoms with Gasteiger partial charge in [-0.1, -0.05) is 51.9 Å². The lowest BCUT2D eigenvalue weighted by Gasteiger charge is -2.02. The summed E-state index contributed by atoms with van der Waals surface area (Å²) in [5.41, 5.74) is 4.50. The van der Waals surface area contributed by atoms with E-state index in [9.17, 15) is 9.59 Å². The molecular weight excluding hydrogens is 234 g/mol. The van der Waals surface area contributed by atoms with Crippen molar-refractivity contribution in [3.05, 3.63) is 0 Å². The van der Waals surface area contributed by atoms with Gasteiger partial charge in [-0.3, -0.25) is 0 Å². The molecule has 0 aromatic heterocycles. The summed E-state index contributed by atoms with van der Waals surface area (Å²) in [6.45, 7) is 2.41. The van der Waals surface area contributed by atoms with Crippen LogP contribution in [0.15, 0.2) is 0 Å². The summed E-state index contributed by atoms with van der Waals surface area (Å²) in [4.78, 5) is 20.6. The van der Waals surface area contributed by atoms with Crippen LogP contribution in [0.5, 0.6) is 0 Å². The zero-order valence-corrected chi connectivity index (χ0v) is 11.6. The first-order valence-electron chi connectivity index (χ1n) is 6.66. The molecule has 0 heterocycles. The van der Waals surface area contributed by atoms with Crippen LogP contribution in [0, 0.1) is 0 Å². The molecule has 3 N–H and O–H groups in total. The van der Waals surface area contributed by atoms with Crippen molar-refractivity contribution >= 4 is 11.9 Å². The van der Waals surface area contributed by atoms with Gasteiger partial charge in [0.05, 0.1) is 6.61 Å². The van der Waals surface area contributed by atoms with E-state index in [1.165, 1.54) is 39.2 Å². The van der Waals surface area contributed by atoms with Crippen molar-refractivity contribution in [2.24, 2.45) is 5.73 Å². The molecule has 5 heteroatoms. The highest BCUT2D eigenvalue weighted by molar-refractivity contribution is 6.28. The fourth-order valence-corrected chi connectivity index (χ4v) is 1.46. The first-order valence-corrected chi connectivity index (χ1v) is 6.66. The van der Waals surface area contributed by atoms with Gasteiger partial charge in [0.1, 0.15) is 0 Å². The largest absolute Gasteiger partial charge is 0.473 e. The second-order valence-electron chi connectivity index (χ2n) is 3.92. The molecule has 0 fully saturated rings. The van der Waals surface area contributed by atoms with Crippen LogP contribution < -0.4 is 5.73 Å². The van der Waals surface area contributed by atoms with Crippen LogP contribution in [0.2, 0.25) is 0 Å². The van der Waals surface area contributed by atoms with Crippen LogP contribution in [0.1, 0.15) is 58.3 Å². The molecule has 0 saturated carbocycles. The van der Waals surface area contributed by atoms with Crippen molar-refractivity contribution < 1.29 is 19.4 Å². The van der Waals surface area contributed by atoms with Gasteiger partial charge in [0, 0.05) is 0 Å². The van der Waals surface area contributed by atoms with Crippen molar-refractivity contribution in [3.8, 4) is 0 Å². The molecule has 0 aromatic carbocycles. The average Bonchev–Trinajstić information content (AvgIpc) is 2.38. The van der Waals surface area contributed by atoms with E-state index in [4.69, 9.17) is 5.11 Å². The average molecular weight is 261 g/mol. The Morgan fingerprint density at radius 2 is 1.39 bits per heavy atom. The Balaban J connectivity index is 0. The minimum atomic E-state index is -1.51. The third-order valence-electron chi connectivity index (χ3n) is 2.41. The molecule has 0 bridgehead atoms. The molecular formula is C13H27NO4. The summed E-state index contributed by atoms with van der Waals surface area (Å²) in [5, 5.41) is 8.23. The first kappa shape index (κ1) is 19.2. The third-order valence-corrected chi connectivity index (χ3v) is 2.41. The summed E-state index contributed by atoms with van der Waals surface area (Å²) in [6, 6.07) is 0. The van der Waals surface area contributed by atoms with Crippen LogP contribution in [-0.4, -0.2) is 30.7 Å². The zero-order chi connectivity index (χ0) is 14.2. The maximum absolute atomic E-state index is 10.5. The minimum Gasteiger partial charge on any atom is -0.473 e. The Kier molecular flexibility index (Phi) is 17.0.